The Balaban J connectivity index is 2.84. The van der Waals surface area contributed by atoms with Gasteiger partial charge >= 0.3 is 5.97 Å². The number of rotatable bonds is 5. The van der Waals surface area contributed by atoms with Crippen molar-refractivity contribution < 1.29 is 14.3 Å². The summed E-state index contributed by atoms with van der Waals surface area (Å²) in [7, 11) is 1.51. The summed E-state index contributed by atoms with van der Waals surface area (Å²) in [6.07, 6.45) is 0. The van der Waals surface area contributed by atoms with Gasteiger partial charge in [-0.1, -0.05) is 0 Å². The lowest BCUT2D eigenvalue weighted by Crippen LogP contribution is -2.28. The largest absolute Gasteiger partial charge is 0.495 e. The van der Waals surface area contributed by atoms with Crippen molar-refractivity contribution in [2.45, 2.75) is 19.9 Å². The van der Waals surface area contributed by atoms with Crippen molar-refractivity contribution in [3.05, 3.63) is 23.8 Å². The van der Waals surface area contributed by atoms with E-state index in [1.807, 2.05) is 6.07 Å². The number of benzene rings is 1. The van der Waals surface area contributed by atoms with Crippen LogP contribution in [0, 0.1) is 11.3 Å². The molecule has 0 fully saturated rings. The van der Waals surface area contributed by atoms with Crippen LogP contribution in [0.3, 0.4) is 0 Å². The number of hydrogen-bond donors (Lipinski definition) is 1. The summed E-state index contributed by atoms with van der Waals surface area (Å²) in [5.74, 6) is 0.189. The van der Waals surface area contributed by atoms with E-state index < -0.39 is 6.04 Å². The molecule has 1 unspecified atom stereocenters. The Morgan fingerprint density at radius 2 is 2.28 bits per heavy atom. The van der Waals surface area contributed by atoms with Crippen LogP contribution in [0.25, 0.3) is 0 Å². The van der Waals surface area contributed by atoms with Crippen LogP contribution in [0.1, 0.15) is 19.4 Å². The van der Waals surface area contributed by atoms with Gasteiger partial charge < -0.3 is 14.8 Å². The van der Waals surface area contributed by atoms with Gasteiger partial charge in [-0.25, -0.2) is 4.79 Å². The molecule has 1 aromatic carbocycles. The molecule has 0 amide bonds. The first-order valence-corrected chi connectivity index (χ1v) is 5.63. The Hall–Kier alpha value is -2.22. The van der Waals surface area contributed by atoms with E-state index in [9.17, 15) is 4.79 Å². The van der Waals surface area contributed by atoms with E-state index in [2.05, 4.69) is 5.32 Å². The van der Waals surface area contributed by atoms with Crippen molar-refractivity contribution in [1.82, 2.24) is 0 Å². The van der Waals surface area contributed by atoms with E-state index >= 15 is 0 Å². The van der Waals surface area contributed by atoms with Crippen molar-refractivity contribution in [2.24, 2.45) is 0 Å². The van der Waals surface area contributed by atoms with E-state index in [-0.39, 0.29) is 5.97 Å². The number of esters is 1. The number of carbonyl (C=O) groups excluding carboxylic acids is 1. The van der Waals surface area contributed by atoms with E-state index in [1.165, 1.54) is 7.11 Å². The second kappa shape index (κ2) is 6.50. The van der Waals surface area contributed by atoms with Crippen LogP contribution < -0.4 is 10.1 Å². The summed E-state index contributed by atoms with van der Waals surface area (Å²) in [6, 6.07) is 6.51. The molecule has 5 heteroatoms. The maximum absolute atomic E-state index is 11.5. The van der Waals surface area contributed by atoms with Crippen LogP contribution in [0.2, 0.25) is 0 Å². The van der Waals surface area contributed by atoms with Gasteiger partial charge in [-0.15, -0.1) is 0 Å². The van der Waals surface area contributed by atoms with E-state index in [4.69, 9.17) is 14.7 Å². The molecular formula is C13H16N2O3. The number of nitriles is 1. The minimum atomic E-state index is -0.480. The van der Waals surface area contributed by atoms with Crippen molar-refractivity contribution in [3.63, 3.8) is 0 Å². The number of methoxy groups -OCH3 is 1. The number of anilines is 1. The van der Waals surface area contributed by atoms with Crippen molar-refractivity contribution in [2.75, 3.05) is 19.0 Å². The quantitative estimate of drug-likeness (QED) is 0.806. The minimum absolute atomic E-state index is 0.330. The third-order valence-electron chi connectivity index (χ3n) is 2.34. The zero-order valence-electron chi connectivity index (χ0n) is 10.7. The van der Waals surface area contributed by atoms with Gasteiger partial charge in [0.15, 0.2) is 0 Å². The smallest absolute Gasteiger partial charge is 0.328 e. The molecule has 0 bridgehead atoms. The maximum atomic E-state index is 11.5. The maximum Gasteiger partial charge on any atom is 0.328 e. The fourth-order valence-corrected chi connectivity index (χ4v) is 1.44. The van der Waals surface area contributed by atoms with Gasteiger partial charge in [0.2, 0.25) is 0 Å². The second-order valence-corrected chi connectivity index (χ2v) is 3.64. The summed E-state index contributed by atoms with van der Waals surface area (Å²) < 4.78 is 10.1. The normalized spacial score (nSPS) is 11.2. The Bertz CT molecular complexity index is 466. The molecule has 5 nitrogen and oxygen atoms in total. The van der Waals surface area contributed by atoms with Gasteiger partial charge in [-0.2, -0.15) is 5.26 Å². The van der Waals surface area contributed by atoms with Crippen LogP contribution in [0.4, 0.5) is 5.69 Å². The zero-order chi connectivity index (χ0) is 13.5. The minimum Gasteiger partial charge on any atom is -0.495 e. The van der Waals surface area contributed by atoms with Gasteiger partial charge in [-0.3, -0.25) is 0 Å². The predicted molar refractivity (Wildman–Crippen MR) is 67.4 cm³/mol. The van der Waals surface area contributed by atoms with E-state index in [1.54, 1.807) is 32.0 Å². The molecule has 1 aromatic rings. The average molecular weight is 248 g/mol. The highest BCUT2D eigenvalue weighted by Crippen LogP contribution is 2.26. The standard InChI is InChI=1S/C13H16N2O3/c1-4-18-13(16)9(2)15-11-6-5-10(8-14)7-12(11)17-3/h5-7,9,15H,4H2,1-3H3. The highest BCUT2D eigenvalue weighted by molar-refractivity contribution is 5.79. The molecule has 0 saturated carbocycles. The van der Waals surface area contributed by atoms with Gasteiger partial charge in [0, 0.05) is 6.07 Å². The monoisotopic (exact) mass is 248 g/mol. The summed E-state index contributed by atoms with van der Waals surface area (Å²) in [4.78, 5) is 11.5. The number of carbonyl (C=O) groups is 1. The molecule has 0 aliphatic rings. The molecule has 0 saturated heterocycles. The van der Waals surface area contributed by atoms with Crippen LogP contribution in [-0.4, -0.2) is 25.7 Å². The summed E-state index contributed by atoms with van der Waals surface area (Å²) in [5, 5.41) is 11.8. The predicted octanol–water partition coefficient (Wildman–Crippen LogP) is 1.93. The van der Waals surface area contributed by atoms with Crippen LogP contribution >= 0.6 is 0 Å². The zero-order valence-corrected chi connectivity index (χ0v) is 10.7. The van der Waals surface area contributed by atoms with Gasteiger partial charge in [0.1, 0.15) is 11.8 Å². The molecule has 96 valence electrons. The Labute approximate surface area is 106 Å². The molecule has 1 rings (SSSR count). The Kier molecular flexibility index (Phi) is 5.00. The molecule has 0 aromatic heterocycles. The lowest BCUT2D eigenvalue weighted by molar-refractivity contribution is -0.143. The number of ether oxygens (including phenoxy) is 2. The summed E-state index contributed by atoms with van der Waals surface area (Å²) in [6.45, 7) is 3.80. The molecule has 18 heavy (non-hydrogen) atoms. The second-order valence-electron chi connectivity index (χ2n) is 3.64. The van der Waals surface area contributed by atoms with Crippen LogP contribution in [0.15, 0.2) is 18.2 Å². The highest BCUT2D eigenvalue weighted by Gasteiger charge is 2.15. The van der Waals surface area contributed by atoms with E-state index in [0.29, 0.717) is 23.6 Å². The van der Waals surface area contributed by atoms with Crippen molar-refractivity contribution in [1.29, 1.82) is 5.26 Å². The van der Waals surface area contributed by atoms with Crippen LogP contribution in [0.5, 0.6) is 5.75 Å². The summed E-state index contributed by atoms with van der Waals surface area (Å²) >= 11 is 0. The third-order valence-corrected chi connectivity index (χ3v) is 2.34. The van der Waals surface area contributed by atoms with Gasteiger partial charge in [-0.05, 0) is 26.0 Å². The molecule has 1 N–H and O–H groups in total. The molecule has 1 atom stereocenters. The average Bonchev–Trinajstić information content (AvgIpc) is 2.39. The molecule has 0 aliphatic heterocycles. The molecule has 0 aliphatic carbocycles. The lowest BCUT2D eigenvalue weighted by atomic mass is 10.2. The van der Waals surface area contributed by atoms with Gasteiger partial charge in [0.25, 0.3) is 0 Å². The molecular weight excluding hydrogens is 232 g/mol. The first kappa shape index (κ1) is 13.8. The molecule has 0 radical (unpaired) electrons. The number of hydrogen-bond acceptors (Lipinski definition) is 5. The van der Waals surface area contributed by atoms with Crippen molar-refractivity contribution >= 4 is 11.7 Å². The Morgan fingerprint density at radius 3 is 2.83 bits per heavy atom. The third kappa shape index (κ3) is 3.39. The first-order chi connectivity index (χ1) is 8.62. The first-order valence-electron chi connectivity index (χ1n) is 5.63. The van der Waals surface area contributed by atoms with Crippen LogP contribution in [-0.2, 0) is 9.53 Å². The lowest BCUT2D eigenvalue weighted by Gasteiger charge is -2.16. The van der Waals surface area contributed by atoms with Crippen molar-refractivity contribution in [3.8, 4) is 11.8 Å². The van der Waals surface area contributed by atoms with Gasteiger partial charge in [0.05, 0.1) is 31.0 Å². The SMILES string of the molecule is CCOC(=O)C(C)Nc1ccc(C#N)cc1OC. The van der Waals surface area contributed by atoms with E-state index in [0.717, 1.165) is 0 Å². The number of nitrogens with zero attached hydrogens (tertiary/aromatic N) is 1. The number of nitrogens with one attached hydrogen (secondary N) is 1. The molecule has 0 heterocycles. The summed E-state index contributed by atoms with van der Waals surface area (Å²) in [5.41, 5.74) is 1.15. The highest BCUT2D eigenvalue weighted by atomic mass is 16.5. The fraction of sp³-hybridized carbons (Fsp3) is 0.385. The Morgan fingerprint density at radius 1 is 1.56 bits per heavy atom. The fourth-order valence-electron chi connectivity index (χ4n) is 1.44. The molecule has 0 spiro atoms. The topological polar surface area (TPSA) is 71.3 Å².